The zero-order valence-electron chi connectivity index (χ0n) is 6.64. The van der Waals surface area contributed by atoms with Crippen LogP contribution >= 0.6 is 11.3 Å². The Morgan fingerprint density at radius 1 is 1.62 bits per heavy atom. The van der Waals surface area contributed by atoms with Crippen molar-refractivity contribution in [3.05, 3.63) is 22.7 Å². The molecule has 0 aliphatic carbocycles. The van der Waals surface area contributed by atoms with Gasteiger partial charge in [0.25, 0.3) is 0 Å². The zero-order chi connectivity index (χ0) is 9.68. The van der Waals surface area contributed by atoms with E-state index in [1.165, 1.54) is 23.5 Å². The lowest BCUT2D eigenvalue weighted by atomic mass is 10.2. The fourth-order valence-corrected chi connectivity index (χ4v) is 1.22. The number of carboxylic acids is 1. The van der Waals surface area contributed by atoms with Gasteiger partial charge in [0.05, 0.1) is 0 Å². The normalized spacial score (nSPS) is 10.5. The summed E-state index contributed by atoms with van der Waals surface area (Å²) in [5.41, 5.74) is 0. The molecule has 0 bridgehead atoms. The Hall–Kier alpha value is -1.49. The number of carbonyl (C=O) groups is 2. The van der Waals surface area contributed by atoms with Crippen LogP contribution in [0.5, 0.6) is 0 Å². The Labute approximate surface area is 78.5 Å². The Kier molecular flexibility index (Phi) is 3.33. The molecule has 1 heterocycles. The standard InChI is InChI=1S/C8H7NO3S/c10-6(5-8(11)12)1-2-7-9-3-4-13-7/h1-4H,5H2,(H,11,12). The molecule has 0 saturated heterocycles. The molecule has 0 atom stereocenters. The lowest BCUT2D eigenvalue weighted by molar-refractivity contribution is -0.139. The van der Waals surface area contributed by atoms with Gasteiger partial charge < -0.3 is 5.11 Å². The second-order valence-electron chi connectivity index (χ2n) is 2.24. The highest BCUT2D eigenvalue weighted by Crippen LogP contribution is 2.05. The molecule has 5 heteroatoms. The van der Waals surface area contributed by atoms with Crippen LogP contribution in [-0.4, -0.2) is 21.8 Å². The molecule has 13 heavy (non-hydrogen) atoms. The molecule has 1 rings (SSSR count). The van der Waals surface area contributed by atoms with E-state index in [-0.39, 0.29) is 0 Å². The summed E-state index contributed by atoms with van der Waals surface area (Å²) in [6, 6.07) is 0. The first kappa shape index (κ1) is 9.60. The van der Waals surface area contributed by atoms with Crippen LogP contribution in [0, 0.1) is 0 Å². The van der Waals surface area contributed by atoms with Crippen molar-refractivity contribution in [2.45, 2.75) is 6.42 Å². The van der Waals surface area contributed by atoms with Crippen molar-refractivity contribution in [2.24, 2.45) is 0 Å². The number of ketones is 1. The molecule has 0 radical (unpaired) electrons. The molecule has 0 spiro atoms. The number of nitrogens with zero attached hydrogens (tertiary/aromatic N) is 1. The number of hydrogen-bond acceptors (Lipinski definition) is 4. The third-order valence-electron chi connectivity index (χ3n) is 1.19. The lowest BCUT2D eigenvalue weighted by Crippen LogP contribution is -2.02. The van der Waals surface area contributed by atoms with Crippen molar-refractivity contribution in [1.82, 2.24) is 4.98 Å². The molecule has 1 aromatic rings. The van der Waals surface area contributed by atoms with E-state index in [9.17, 15) is 9.59 Å². The van der Waals surface area contributed by atoms with E-state index >= 15 is 0 Å². The number of allylic oxidation sites excluding steroid dienone is 1. The molecule has 0 fully saturated rings. The summed E-state index contributed by atoms with van der Waals surface area (Å²) in [5.74, 6) is -1.54. The van der Waals surface area contributed by atoms with Gasteiger partial charge in [-0.3, -0.25) is 9.59 Å². The highest BCUT2D eigenvalue weighted by atomic mass is 32.1. The Bertz CT molecular complexity index is 329. The molecule has 0 unspecified atom stereocenters. The van der Waals surface area contributed by atoms with Crippen molar-refractivity contribution in [3.8, 4) is 0 Å². The van der Waals surface area contributed by atoms with Gasteiger partial charge in [0.2, 0.25) is 0 Å². The number of thiazole rings is 1. The molecule has 4 nitrogen and oxygen atoms in total. The minimum Gasteiger partial charge on any atom is -0.481 e. The molecule has 0 saturated carbocycles. The van der Waals surface area contributed by atoms with Gasteiger partial charge in [0, 0.05) is 11.6 Å². The highest BCUT2D eigenvalue weighted by molar-refractivity contribution is 7.10. The Morgan fingerprint density at radius 3 is 2.92 bits per heavy atom. The largest absolute Gasteiger partial charge is 0.481 e. The number of carboxylic acid groups (broad SMARTS) is 1. The van der Waals surface area contributed by atoms with Crippen LogP contribution in [0.15, 0.2) is 17.7 Å². The van der Waals surface area contributed by atoms with E-state index in [1.807, 2.05) is 0 Å². The van der Waals surface area contributed by atoms with E-state index in [0.29, 0.717) is 5.01 Å². The van der Waals surface area contributed by atoms with E-state index < -0.39 is 18.2 Å². The predicted molar refractivity (Wildman–Crippen MR) is 48.4 cm³/mol. The van der Waals surface area contributed by atoms with E-state index in [1.54, 1.807) is 11.6 Å². The second-order valence-corrected chi connectivity index (χ2v) is 3.17. The minimum atomic E-state index is -1.12. The van der Waals surface area contributed by atoms with Crippen LogP contribution in [0.1, 0.15) is 11.4 Å². The first-order valence-electron chi connectivity index (χ1n) is 3.50. The predicted octanol–water partition coefficient (Wildman–Crippen LogP) is 1.20. The van der Waals surface area contributed by atoms with Crippen molar-refractivity contribution < 1.29 is 14.7 Å². The third kappa shape index (κ3) is 3.62. The number of carbonyl (C=O) groups excluding carboxylic acids is 1. The summed E-state index contributed by atoms with van der Waals surface area (Å²) in [6.45, 7) is 0. The molecule has 68 valence electrons. The average molecular weight is 197 g/mol. The van der Waals surface area contributed by atoms with E-state index in [0.717, 1.165) is 0 Å². The van der Waals surface area contributed by atoms with Crippen LogP contribution < -0.4 is 0 Å². The molecule has 0 aliphatic heterocycles. The monoisotopic (exact) mass is 197 g/mol. The van der Waals surface area contributed by atoms with E-state index in [4.69, 9.17) is 5.11 Å². The van der Waals surface area contributed by atoms with Crippen LogP contribution in [-0.2, 0) is 9.59 Å². The molecule has 1 N–H and O–H groups in total. The lowest BCUT2D eigenvalue weighted by Gasteiger charge is -1.86. The Morgan fingerprint density at radius 2 is 2.38 bits per heavy atom. The first-order valence-corrected chi connectivity index (χ1v) is 4.38. The summed E-state index contributed by atoms with van der Waals surface area (Å²) in [7, 11) is 0. The smallest absolute Gasteiger partial charge is 0.311 e. The molecular formula is C8H7NO3S. The second kappa shape index (κ2) is 4.51. The molecule has 1 aromatic heterocycles. The molecular weight excluding hydrogens is 190 g/mol. The van der Waals surface area contributed by atoms with Gasteiger partial charge >= 0.3 is 5.97 Å². The van der Waals surface area contributed by atoms with Gasteiger partial charge in [-0.15, -0.1) is 11.3 Å². The fraction of sp³-hybridized carbons (Fsp3) is 0.125. The van der Waals surface area contributed by atoms with Crippen LogP contribution in [0.25, 0.3) is 6.08 Å². The average Bonchev–Trinajstić information content (AvgIpc) is 2.51. The number of aromatic nitrogens is 1. The van der Waals surface area contributed by atoms with Crippen LogP contribution in [0.2, 0.25) is 0 Å². The fourth-order valence-electron chi connectivity index (χ4n) is 0.689. The maximum absolute atomic E-state index is 10.9. The summed E-state index contributed by atoms with van der Waals surface area (Å²) in [4.78, 5) is 24.9. The maximum Gasteiger partial charge on any atom is 0.311 e. The SMILES string of the molecule is O=C(O)CC(=O)C=Cc1nccs1. The summed E-state index contributed by atoms with van der Waals surface area (Å²) in [5, 5.41) is 10.7. The van der Waals surface area contributed by atoms with Gasteiger partial charge in [-0.05, 0) is 12.2 Å². The van der Waals surface area contributed by atoms with Gasteiger partial charge in [-0.2, -0.15) is 0 Å². The number of rotatable bonds is 4. The topological polar surface area (TPSA) is 67.3 Å². The van der Waals surface area contributed by atoms with Gasteiger partial charge in [-0.25, -0.2) is 4.98 Å². The van der Waals surface area contributed by atoms with E-state index in [2.05, 4.69) is 4.98 Å². The van der Waals surface area contributed by atoms with Gasteiger partial charge in [0.1, 0.15) is 11.4 Å². The third-order valence-corrected chi connectivity index (χ3v) is 1.93. The summed E-state index contributed by atoms with van der Waals surface area (Å²) >= 11 is 1.39. The van der Waals surface area contributed by atoms with Crippen molar-refractivity contribution >= 4 is 29.2 Å². The zero-order valence-corrected chi connectivity index (χ0v) is 7.45. The summed E-state index contributed by atoms with van der Waals surface area (Å²) < 4.78 is 0. The van der Waals surface area contributed by atoms with Crippen molar-refractivity contribution in [1.29, 1.82) is 0 Å². The first-order chi connectivity index (χ1) is 6.18. The highest BCUT2D eigenvalue weighted by Gasteiger charge is 2.03. The summed E-state index contributed by atoms with van der Waals surface area (Å²) in [6.07, 6.45) is 3.89. The Balaban J connectivity index is 2.49. The van der Waals surface area contributed by atoms with Crippen LogP contribution in [0.3, 0.4) is 0 Å². The van der Waals surface area contributed by atoms with Gasteiger partial charge in [0.15, 0.2) is 5.78 Å². The minimum absolute atomic E-state index is 0.428. The quantitative estimate of drug-likeness (QED) is 0.581. The number of aliphatic carboxylic acids is 1. The van der Waals surface area contributed by atoms with Crippen LogP contribution in [0.4, 0.5) is 0 Å². The molecule has 0 aromatic carbocycles. The molecule has 0 aliphatic rings. The number of hydrogen-bond donors (Lipinski definition) is 1. The molecule has 0 amide bonds. The maximum atomic E-state index is 10.9. The van der Waals surface area contributed by atoms with Gasteiger partial charge in [-0.1, -0.05) is 0 Å². The van der Waals surface area contributed by atoms with Crippen molar-refractivity contribution in [2.75, 3.05) is 0 Å². The van der Waals surface area contributed by atoms with Crippen molar-refractivity contribution in [3.63, 3.8) is 0 Å².